The van der Waals surface area contributed by atoms with Crippen molar-refractivity contribution >= 4 is 23.1 Å². The quantitative estimate of drug-likeness (QED) is 0.522. The van der Waals surface area contributed by atoms with Crippen molar-refractivity contribution in [2.45, 2.75) is 27.2 Å². The Bertz CT molecular complexity index is 1240. The van der Waals surface area contributed by atoms with Crippen molar-refractivity contribution in [3.05, 3.63) is 100 Å². The van der Waals surface area contributed by atoms with Crippen molar-refractivity contribution in [1.29, 1.82) is 0 Å². The number of anilines is 1. The number of methoxy groups -OCH3 is 1. The van der Waals surface area contributed by atoms with Crippen molar-refractivity contribution in [3.8, 4) is 5.75 Å². The van der Waals surface area contributed by atoms with Gasteiger partial charge in [0.25, 0.3) is 11.8 Å². The average molecular weight is 441 g/mol. The summed E-state index contributed by atoms with van der Waals surface area (Å²) in [5, 5.41) is 3.24. The summed E-state index contributed by atoms with van der Waals surface area (Å²) in [6.07, 6.45) is 0.569. The van der Waals surface area contributed by atoms with Crippen LogP contribution in [-0.2, 0) is 16.0 Å². The summed E-state index contributed by atoms with van der Waals surface area (Å²) in [6.45, 7) is 6.34. The van der Waals surface area contributed by atoms with E-state index in [2.05, 4.69) is 5.32 Å². The fourth-order valence-corrected chi connectivity index (χ4v) is 3.96. The number of carbonyl (C=O) groups is 2. The van der Waals surface area contributed by atoms with Gasteiger partial charge in [0.05, 0.1) is 12.7 Å². The molecule has 0 atom stereocenters. The van der Waals surface area contributed by atoms with Crippen LogP contribution in [0, 0.1) is 20.8 Å². The van der Waals surface area contributed by atoms with Crippen LogP contribution < -0.4 is 10.1 Å². The van der Waals surface area contributed by atoms with E-state index in [-0.39, 0.29) is 11.8 Å². The summed E-state index contributed by atoms with van der Waals surface area (Å²) < 4.78 is 5.21. The highest BCUT2D eigenvalue weighted by Crippen LogP contribution is 2.32. The van der Waals surface area contributed by atoms with Gasteiger partial charge in [-0.2, -0.15) is 0 Å². The molecule has 0 fully saturated rings. The van der Waals surface area contributed by atoms with Gasteiger partial charge in [0.2, 0.25) is 0 Å². The molecule has 0 bridgehead atoms. The number of imide groups is 1. The van der Waals surface area contributed by atoms with Crippen LogP contribution in [0.5, 0.6) is 5.75 Å². The van der Waals surface area contributed by atoms with Gasteiger partial charge in [-0.15, -0.1) is 0 Å². The summed E-state index contributed by atoms with van der Waals surface area (Å²) in [7, 11) is 1.62. The third kappa shape index (κ3) is 4.67. The van der Waals surface area contributed by atoms with Gasteiger partial charge in [0.1, 0.15) is 11.4 Å². The highest BCUT2D eigenvalue weighted by atomic mass is 16.5. The van der Waals surface area contributed by atoms with Crippen molar-refractivity contribution in [2.75, 3.05) is 19.0 Å². The number of aryl methyl sites for hydroxylation is 3. The minimum Gasteiger partial charge on any atom is -0.497 e. The van der Waals surface area contributed by atoms with E-state index in [9.17, 15) is 9.59 Å². The topological polar surface area (TPSA) is 58.6 Å². The molecule has 0 aliphatic carbocycles. The first-order valence-electron chi connectivity index (χ1n) is 11.0. The molecule has 0 spiro atoms. The lowest BCUT2D eigenvalue weighted by Crippen LogP contribution is -2.34. The Morgan fingerprint density at radius 3 is 2.27 bits per heavy atom. The highest BCUT2D eigenvalue weighted by Gasteiger charge is 2.39. The summed E-state index contributed by atoms with van der Waals surface area (Å²) >= 11 is 0. The lowest BCUT2D eigenvalue weighted by atomic mass is 9.99. The van der Waals surface area contributed by atoms with Gasteiger partial charge in [-0.05, 0) is 79.3 Å². The third-order valence-electron chi connectivity index (χ3n) is 6.03. The molecule has 5 heteroatoms. The largest absolute Gasteiger partial charge is 0.497 e. The zero-order valence-electron chi connectivity index (χ0n) is 19.4. The summed E-state index contributed by atoms with van der Waals surface area (Å²) in [4.78, 5) is 28.3. The Balaban J connectivity index is 1.66. The monoisotopic (exact) mass is 440 g/mol. The number of benzene rings is 3. The molecule has 3 aromatic rings. The zero-order valence-corrected chi connectivity index (χ0v) is 19.4. The smallest absolute Gasteiger partial charge is 0.278 e. The number of nitrogens with zero attached hydrogens (tertiary/aromatic N) is 1. The number of ether oxygens (including phenoxy) is 1. The van der Waals surface area contributed by atoms with E-state index in [1.165, 1.54) is 4.90 Å². The molecule has 1 N–H and O–H groups in total. The normalized spacial score (nSPS) is 13.6. The molecular weight excluding hydrogens is 412 g/mol. The van der Waals surface area contributed by atoms with E-state index in [0.717, 1.165) is 39.3 Å². The summed E-state index contributed by atoms with van der Waals surface area (Å²) in [5.74, 6) is 0.200. The Hall–Kier alpha value is -3.86. The molecule has 33 heavy (non-hydrogen) atoms. The Morgan fingerprint density at radius 2 is 1.61 bits per heavy atom. The van der Waals surface area contributed by atoms with Crippen LogP contribution in [-0.4, -0.2) is 30.4 Å². The van der Waals surface area contributed by atoms with Crippen LogP contribution in [0.15, 0.2) is 72.4 Å². The van der Waals surface area contributed by atoms with Gasteiger partial charge in [-0.25, -0.2) is 0 Å². The second-order valence-electron chi connectivity index (χ2n) is 8.40. The first-order chi connectivity index (χ1) is 15.9. The van der Waals surface area contributed by atoms with Crippen LogP contribution in [0.25, 0.3) is 5.57 Å². The van der Waals surface area contributed by atoms with E-state index < -0.39 is 0 Å². The van der Waals surface area contributed by atoms with E-state index in [4.69, 9.17) is 4.74 Å². The van der Waals surface area contributed by atoms with E-state index >= 15 is 0 Å². The number of rotatable bonds is 7. The standard InChI is InChI=1S/C28H28N2O3/c1-18-6-5-7-23(16-18)29-26-25(22-11-8-19(2)20(3)17-22)27(31)30(28(26)32)15-14-21-9-12-24(33-4)13-10-21/h5-13,16-17,29H,14-15H2,1-4H3. The van der Waals surface area contributed by atoms with Crippen molar-refractivity contribution < 1.29 is 14.3 Å². The van der Waals surface area contributed by atoms with Gasteiger partial charge in [0, 0.05) is 12.2 Å². The molecule has 2 amide bonds. The lowest BCUT2D eigenvalue weighted by Gasteiger charge is -2.15. The van der Waals surface area contributed by atoms with E-state index in [0.29, 0.717) is 24.2 Å². The fourth-order valence-electron chi connectivity index (χ4n) is 3.96. The maximum atomic E-state index is 13.5. The van der Waals surface area contributed by atoms with Crippen LogP contribution in [0.3, 0.4) is 0 Å². The predicted octanol–water partition coefficient (Wildman–Crippen LogP) is 5.06. The third-order valence-corrected chi connectivity index (χ3v) is 6.03. The van der Waals surface area contributed by atoms with E-state index in [1.54, 1.807) is 7.11 Å². The molecule has 1 heterocycles. The lowest BCUT2D eigenvalue weighted by molar-refractivity contribution is -0.136. The minimum atomic E-state index is -0.303. The Morgan fingerprint density at radius 1 is 0.848 bits per heavy atom. The summed E-state index contributed by atoms with van der Waals surface area (Å²) in [6, 6.07) is 21.3. The number of carbonyl (C=O) groups excluding carboxylic acids is 2. The molecule has 4 rings (SSSR count). The van der Waals surface area contributed by atoms with Gasteiger partial charge >= 0.3 is 0 Å². The van der Waals surface area contributed by atoms with E-state index in [1.807, 2.05) is 87.5 Å². The fraction of sp³-hybridized carbons (Fsp3) is 0.214. The average Bonchev–Trinajstić information content (AvgIpc) is 3.03. The maximum absolute atomic E-state index is 13.5. The van der Waals surface area contributed by atoms with Gasteiger partial charge < -0.3 is 10.1 Å². The van der Waals surface area contributed by atoms with Crippen molar-refractivity contribution in [2.24, 2.45) is 0 Å². The molecule has 0 saturated heterocycles. The Labute approximate surface area is 194 Å². The van der Waals surface area contributed by atoms with Gasteiger partial charge in [-0.1, -0.05) is 42.5 Å². The van der Waals surface area contributed by atoms with Crippen LogP contribution in [0.4, 0.5) is 5.69 Å². The summed E-state index contributed by atoms with van der Waals surface area (Å²) in [5.41, 5.74) is 6.59. The molecule has 0 radical (unpaired) electrons. The Kier molecular flexibility index (Phi) is 6.31. The molecule has 0 saturated carbocycles. The molecule has 1 aliphatic heterocycles. The first-order valence-corrected chi connectivity index (χ1v) is 11.0. The molecule has 3 aromatic carbocycles. The maximum Gasteiger partial charge on any atom is 0.278 e. The number of hydrogen-bond donors (Lipinski definition) is 1. The minimum absolute atomic E-state index is 0.271. The SMILES string of the molecule is COc1ccc(CCN2C(=O)C(Nc3cccc(C)c3)=C(c3ccc(C)c(C)c3)C2=O)cc1. The van der Waals surface area contributed by atoms with Crippen LogP contribution in [0.2, 0.25) is 0 Å². The molecule has 5 nitrogen and oxygen atoms in total. The van der Waals surface area contributed by atoms with Crippen molar-refractivity contribution in [3.63, 3.8) is 0 Å². The van der Waals surface area contributed by atoms with Crippen LogP contribution >= 0.6 is 0 Å². The second-order valence-corrected chi connectivity index (χ2v) is 8.40. The molecular formula is C28H28N2O3. The first kappa shape index (κ1) is 22.3. The second kappa shape index (κ2) is 9.33. The van der Waals surface area contributed by atoms with Gasteiger partial charge in [0.15, 0.2) is 0 Å². The predicted molar refractivity (Wildman–Crippen MR) is 131 cm³/mol. The van der Waals surface area contributed by atoms with Crippen molar-refractivity contribution in [1.82, 2.24) is 4.90 Å². The molecule has 0 unspecified atom stereocenters. The zero-order chi connectivity index (χ0) is 23.5. The van der Waals surface area contributed by atoms with Gasteiger partial charge in [-0.3, -0.25) is 14.5 Å². The number of amides is 2. The molecule has 1 aliphatic rings. The molecule has 0 aromatic heterocycles. The number of nitrogens with one attached hydrogen (secondary N) is 1. The molecule has 168 valence electrons. The van der Waals surface area contributed by atoms with Crippen LogP contribution in [0.1, 0.15) is 27.8 Å². The number of hydrogen-bond acceptors (Lipinski definition) is 4. The highest BCUT2D eigenvalue weighted by molar-refractivity contribution is 6.36.